The molecule has 26 heavy (non-hydrogen) atoms. The molecule has 0 atom stereocenters. The quantitative estimate of drug-likeness (QED) is 0.682. The Kier molecular flexibility index (Phi) is 7.17. The third-order valence-corrected chi connectivity index (χ3v) is 5.62. The Labute approximate surface area is 154 Å². The summed E-state index contributed by atoms with van der Waals surface area (Å²) in [6, 6.07) is 15.2. The van der Waals surface area contributed by atoms with Crippen LogP contribution in [0.4, 0.5) is 5.69 Å². The Morgan fingerprint density at radius 1 is 1.08 bits per heavy atom. The van der Waals surface area contributed by atoms with Gasteiger partial charge in [-0.3, -0.25) is 9.10 Å². The van der Waals surface area contributed by atoms with E-state index in [1.807, 2.05) is 19.1 Å². The van der Waals surface area contributed by atoms with Gasteiger partial charge in [0.2, 0.25) is 5.91 Å². The van der Waals surface area contributed by atoms with Crippen molar-refractivity contribution in [3.05, 3.63) is 60.2 Å². The average Bonchev–Trinajstić information content (AvgIpc) is 2.65. The van der Waals surface area contributed by atoms with Crippen LogP contribution in [0, 0.1) is 6.92 Å². The van der Waals surface area contributed by atoms with Crippen LogP contribution in [0.15, 0.2) is 59.5 Å². The summed E-state index contributed by atoms with van der Waals surface area (Å²) in [4.78, 5) is 12.5. The first-order valence-corrected chi connectivity index (χ1v) is 9.80. The first kappa shape index (κ1) is 19.9. The van der Waals surface area contributed by atoms with Crippen molar-refractivity contribution in [3.63, 3.8) is 0 Å². The zero-order chi connectivity index (χ0) is 19.0. The van der Waals surface area contributed by atoms with Gasteiger partial charge in [-0.05, 0) is 37.1 Å². The monoisotopic (exact) mass is 376 g/mol. The minimum Gasteiger partial charge on any atom is -0.385 e. The molecule has 0 fully saturated rings. The molecule has 0 heterocycles. The minimum atomic E-state index is -3.86. The molecule has 140 valence electrons. The van der Waals surface area contributed by atoms with Crippen LogP contribution in [0.25, 0.3) is 0 Å². The Hall–Kier alpha value is -2.38. The van der Waals surface area contributed by atoms with Crippen LogP contribution in [-0.2, 0) is 19.6 Å². The summed E-state index contributed by atoms with van der Waals surface area (Å²) in [7, 11) is -2.27. The van der Waals surface area contributed by atoms with Gasteiger partial charge >= 0.3 is 0 Å². The zero-order valence-electron chi connectivity index (χ0n) is 15.0. The Morgan fingerprint density at radius 3 is 2.38 bits per heavy atom. The van der Waals surface area contributed by atoms with Gasteiger partial charge in [-0.2, -0.15) is 0 Å². The number of benzene rings is 2. The number of anilines is 1. The average molecular weight is 376 g/mol. The lowest BCUT2D eigenvalue weighted by Gasteiger charge is -2.25. The molecule has 0 spiro atoms. The molecule has 0 aliphatic heterocycles. The second-order valence-electron chi connectivity index (χ2n) is 5.81. The van der Waals surface area contributed by atoms with E-state index in [-0.39, 0.29) is 17.3 Å². The number of carbonyl (C=O) groups excluding carboxylic acids is 1. The second kappa shape index (κ2) is 9.35. The zero-order valence-corrected chi connectivity index (χ0v) is 15.8. The number of carbonyl (C=O) groups is 1. The number of para-hydroxylation sites is 1. The van der Waals surface area contributed by atoms with Crippen LogP contribution in [-0.4, -0.2) is 41.1 Å². The maximum atomic E-state index is 13.1. The molecule has 2 aromatic carbocycles. The molecule has 0 aromatic heterocycles. The van der Waals surface area contributed by atoms with Gasteiger partial charge in [0, 0.05) is 20.3 Å². The van der Waals surface area contributed by atoms with Crippen LogP contribution in [0.1, 0.15) is 12.0 Å². The van der Waals surface area contributed by atoms with Crippen molar-refractivity contribution < 1.29 is 17.9 Å². The molecular formula is C19H24N2O4S. The summed E-state index contributed by atoms with van der Waals surface area (Å²) in [5, 5.41) is 2.74. The molecule has 0 aliphatic carbocycles. The van der Waals surface area contributed by atoms with Crippen molar-refractivity contribution in [2.45, 2.75) is 18.2 Å². The predicted octanol–water partition coefficient (Wildman–Crippen LogP) is 2.34. The lowest BCUT2D eigenvalue weighted by Crippen LogP contribution is -2.41. The van der Waals surface area contributed by atoms with Crippen LogP contribution >= 0.6 is 0 Å². The number of nitrogens with zero attached hydrogens (tertiary/aromatic N) is 1. The lowest BCUT2D eigenvalue weighted by molar-refractivity contribution is -0.119. The molecule has 0 radical (unpaired) electrons. The predicted molar refractivity (Wildman–Crippen MR) is 102 cm³/mol. The summed E-state index contributed by atoms with van der Waals surface area (Å²) in [5.74, 6) is -0.358. The molecule has 0 bridgehead atoms. The van der Waals surface area contributed by atoms with Crippen molar-refractivity contribution >= 4 is 21.6 Å². The molecule has 0 aliphatic rings. The first-order valence-electron chi connectivity index (χ1n) is 8.36. The maximum absolute atomic E-state index is 13.1. The first-order chi connectivity index (χ1) is 12.5. The highest BCUT2D eigenvalue weighted by atomic mass is 32.2. The number of amides is 1. The summed E-state index contributed by atoms with van der Waals surface area (Å²) < 4.78 is 32.3. The molecular weight excluding hydrogens is 352 g/mol. The number of methoxy groups -OCH3 is 1. The van der Waals surface area contributed by atoms with Crippen LogP contribution < -0.4 is 9.62 Å². The number of nitrogens with one attached hydrogen (secondary N) is 1. The highest BCUT2D eigenvalue weighted by Gasteiger charge is 2.27. The van der Waals surface area contributed by atoms with E-state index < -0.39 is 10.0 Å². The van der Waals surface area contributed by atoms with E-state index in [1.54, 1.807) is 37.4 Å². The van der Waals surface area contributed by atoms with Gasteiger partial charge in [0.25, 0.3) is 10.0 Å². The molecule has 6 nitrogen and oxygen atoms in total. The lowest BCUT2D eigenvalue weighted by atomic mass is 10.2. The van der Waals surface area contributed by atoms with Crippen molar-refractivity contribution in [1.82, 2.24) is 5.32 Å². The number of hydrogen-bond acceptors (Lipinski definition) is 4. The second-order valence-corrected chi connectivity index (χ2v) is 7.67. The fourth-order valence-electron chi connectivity index (χ4n) is 2.49. The topological polar surface area (TPSA) is 75.7 Å². The van der Waals surface area contributed by atoms with Crippen molar-refractivity contribution in [3.8, 4) is 0 Å². The molecule has 0 unspecified atom stereocenters. The van der Waals surface area contributed by atoms with E-state index in [9.17, 15) is 13.2 Å². The van der Waals surface area contributed by atoms with Crippen molar-refractivity contribution in [2.24, 2.45) is 0 Å². The third kappa shape index (κ3) is 5.06. The summed E-state index contributed by atoms with van der Waals surface area (Å²) >= 11 is 0. The highest BCUT2D eigenvalue weighted by Crippen LogP contribution is 2.26. The summed E-state index contributed by atoms with van der Waals surface area (Å²) in [5.41, 5.74) is 1.27. The van der Waals surface area contributed by atoms with Crippen molar-refractivity contribution in [1.29, 1.82) is 0 Å². The SMILES string of the molecule is COCCCNC(=O)CN(c1ccccc1C)S(=O)(=O)c1ccccc1. The Balaban J connectivity index is 2.29. The van der Waals surface area contributed by atoms with E-state index in [4.69, 9.17) is 4.74 Å². The number of sulfonamides is 1. The number of ether oxygens (including phenoxy) is 1. The summed E-state index contributed by atoms with van der Waals surface area (Å²) in [6.45, 7) is 2.50. The number of aryl methyl sites for hydroxylation is 1. The third-order valence-electron chi connectivity index (χ3n) is 3.85. The van der Waals surface area contributed by atoms with E-state index in [1.165, 1.54) is 12.1 Å². The standard InChI is InChI=1S/C19H24N2O4S/c1-16-9-6-7-12-18(16)21(15-19(22)20-13-8-14-25-2)26(23,24)17-10-4-3-5-11-17/h3-7,9-12H,8,13-15H2,1-2H3,(H,20,22). The number of hydrogen-bond donors (Lipinski definition) is 1. The highest BCUT2D eigenvalue weighted by molar-refractivity contribution is 7.92. The van der Waals surface area contributed by atoms with Crippen LogP contribution in [0.3, 0.4) is 0 Å². The van der Waals surface area contributed by atoms with Gasteiger partial charge < -0.3 is 10.1 Å². The Bertz CT molecular complexity index is 822. The molecule has 0 saturated heterocycles. The molecule has 1 N–H and O–H groups in total. The fourth-order valence-corrected chi connectivity index (χ4v) is 4.00. The van der Waals surface area contributed by atoms with E-state index >= 15 is 0 Å². The Morgan fingerprint density at radius 2 is 1.73 bits per heavy atom. The van der Waals surface area contributed by atoms with Gasteiger partial charge in [-0.1, -0.05) is 36.4 Å². The largest absolute Gasteiger partial charge is 0.385 e. The normalized spacial score (nSPS) is 11.2. The maximum Gasteiger partial charge on any atom is 0.264 e. The van der Waals surface area contributed by atoms with Crippen LogP contribution in [0.2, 0.25) is 0 Å². The molecule has 7 heteroatoms. The van der Waals surface area contributed by atoms with Gasteiger partial charge in [0.15, 0.2) is 0 Å². The smallest absolute Gasteiger partial charge is 0.264 e. The van der Waals surface area contributed by atoms with Gasteiger partial charge in [-0.25, -0.2) is 8.42 Å². The fraction of sp³-hybridized carbons (Fsp3) is 0.316. The van der Waals surface area contributed by atoms with E-state index in [0.29, 0.717) is 25.3 Å². The number of rotatable bonds is 9. The van der Waals surface area contributed by atoms with E-state index in [0.717, 1.165) is 9.87 Å². The molecule has 1 amide bonds. The molecule has 2 aromatic rings. The van der Waals surface area contributed by atoms with Crippen molar-refractivity contribution in [2.75, 3.05) is 31.1 Å². The summed E-state index contributed by atoms with van der Waals surface area (Å²) in [6.07, 6.45) is 0.665. The van der Waals surface area contributed by atoms with Crippen LogP contribution in [0.5, 0.6) is 0 Å². The minimum absolute atomic E-state index is 0.149. The van der Waals surface area contributed by atoms with Gasteiger partial charge in [-0.15, -0.1) is 0 Å². The van der Waals surface area contributed by atoms with Gasteiger partial charge in [0.05, 0.1) is 10.6 Å². The molecule has 0 saturated carbocycles. The van der Waals surface area contributed by atoms with E-state index in [2.05, 4.69) is 5.32 Å². The molecule has 2 rings (SSSR count). The van der Waals surface area contributed by atoms with Gasteiger partial charge in [0.1, 0.15) is 6.54 Å².